The van der Waals surface area contributed by atoms with E-state index >= 15 is 0 Å². The van der Waals surface area contributed by atoms with E-state index in [1.165, 1.54) is 0 Å². The van der Waals surface area contributed by atoms with Crippen LogP contribution in [0, 0.1) is 12.8 Å². The maximum Gasteiger partial charge on any atom is 0.246 e. The molecule has 1 saturated heterocycles. The van der Waals surface area contributed by atoms with Crippen LogP contribution in [0.3, 0.4) is 0 Å². The number of hydrogen-bond acceptors (Lipinski definition) is 4. The third-order valence-electron chi connectivity index (χ3n) is 4.00. The van der Waals surface area contributed by atoms with Crippen LogP contribution >= 0.6 is 11.3 Å². The number of carbonyl (C=O) groups is 2. The average molecular weight is 293 g/mol. The highest BCUT2D eigenvalue weighted by Crippen LogP contribution is 2.35. The Labute approximate surface area is 122 Å². The first-order chi connectivity index (χ1) is 9.56. The zero-order valence-corrected chi connectivity index (χ0v) is 12.6. The lowest BCUT2D eigenvalue weighted by Crippen LogP contribution is -2.46. The van der Waals surface area contributed by atoms with E-state index < -0.39 is 0 Å². The van der Waals surface area contributed by atoms with Crippen molar-refractivity contribution < 1.29 is 9.59 Å². The summed E-state index contributed by atoms with van der Waals surface area (Å²) in [4.78, 5) is 30.8. The molecule has 1 aromatic rings. The number of rotatable bonds is 3. The Kier molecular flexibility index (Phi) is 3.50. The Morgan fingerprint density at radius 3 is 2.80 bits per heavy atom. The average Bonchev–Trinajstić information content (AvgIpc) is 3.18. The first-order valence-electron chi connectivity index (χ1n) is 7.08. The highest BCUT2D eigenvalue weighted by atomic mass is 32.1. The summed E-state index contributed by atoms with van der Waals surface area (Å²) in [5, 5.41) is 5.83. The van der Waals surface area contributed by atoms with Crippen molar-refractivity contribution in [1.29, 1.82) is 0 Å². The zero-order chi connectivity index (χ0) is 14.3. The van der Waals surface area contributed by atoms with Crippen LogP contribution in [0.15, 0.2) is 5.38 Å². The van der Waals surface area contributed by atoms with E-state index in [1.54, 1.807) is 11.3 Å². The number of carbonyl (C=O) groups excluding carboxylic acids is 2. The molecule has 6 heteroatoms. The van der Waals surface area contributed by atoms with Gasteiger partial charge in [-0.25, -0.2) is 4.98 Å². The molecule has 3 rings (SSSR count). The summed E-state index contributed by atoms with van der Waals surface area (Å²) < 4.78 is 0. The Bertz CT molecular complexity index is 538. The zero-order valence-electron chi connectivity index (χ0n) is 11.8. The normalized spacial score (nSPS) is 25.3. The molecule has 2 fully saturated rings. The van der Waals surface area contributed by atoms with Crippen molar-refractivity contribution in [2.75, 3.05) is 6.54 Å². The van der Waals surface area contributed by atoms with Gasteiger partial charge in [-0.15, -0.1) is 11.3 Å². The smallest absolute Gasteiger partial charge is 0.246 e. The molecule has 0 aromatic carbocycles. The molecule has 0 radical (unpaired) electrons. The van der Waals surface area contributed by atoms with Gasteiger partial charge < -0.3 is 10.2 Å². The van der Waals surface area contributed by atoms with Crippen molar-refractivity contribution in [3.63, 3.8) is 0 Å². The minimum Gasteiger partial charge on any atom is -0.344 e. The summed E-state index contributed by atoms with van der Waals surface area (Å²) >= 11 is 1.58. The van der Waals surface area contributed by atoms with Crippen LogP contribution in [0.1, 0.15) is 42.9 Å². The van der Waals surface area contributed by atoms with E-state index in [1.807, 2.05) is 24.1 Å². The first-order valence-corrected chi connectivity index (χ1v) is 7.96. The highest BCUT2D eigenvalue weighted by Gasteiger charge is 2.42. The van der Waals surface area contributed by atoms with Gasteiger partial charge in [0.25, 0.3) is 0 Å². The van der Waals surface area contributed by atoms with Gasteiger partial charge in [0.05, 0.1) is 6.04 Å². The van der Waals surface area contributed by atoms with E-state index in [0.29, 0.717) is 18.9 Å². The predicted octanol–water partition coefficient (Wildman–Crippen LogP) is 1.64. The number of thiazole rings is 1. The fourth-order valence-electron chi connectivity index (χ4n) is 2.65. The highest BCUT2D eigenvalue weighted by molar-refractivity contribution is 7.09. The molecule has 1 N–H and O–H groups in total. The van der Waals surface area contributed by atoms with Gasteiger partial charge in [-0.05, 0) is 32.6 Å². The van der Waals surface area contributed by atoms with E-state index in [4.69, 9.17) is 0 Å². The van der Waals surface area contributed by atoms with Gasteiger partial charge in [0.2, 0.25) is 11.8 Å². The van der Waals surface area contributed by atoms with Crippen LogP contribution in [-0.4, -0.2) is 34.3 Å². The second-order valence-corrected chi connectivity index (χ2v) is 6.56. The van der Waals surface area contributed by atoms with Gasteiger partial charge in [0.1, 0.15) is 11.0 Å². The minimum absolute atomic E-state index is 0.0136. The molecule has 2 unspecified atom stereocenters. The standard InChI is InChI=1S/C14H19N3O2S/c1-8-7-20-13(15-8)9(2)17-6-5-11(18)16-12(14(17)19)10-3-4-10/h7,9-10,12H,3-6H2,1-2H3,(H,16,18). The van der Waals surface area contributed by atoms with Crippen LogP contribution in [0.4, 0.5) is 0 Å². The molecule has 2 aliphatic rings. The fraction of sp³-hybridized carbons (Fsp3) is 0.643. The lowest BCUT2D eigenvalue weighted by atomic mass is 10.1. The van der Waals surface area contributed by atoms with Crippen molar-refractivity contribution >= 4 is 23.2 Å². The van der Waals surface area contributed by atoms with Gasteiger partial charge >= 0.3 is 0 Å². The monoisotopic (exact) mass is 293 g/mol. The summed E-state index contributed by atoms with van der Waals surface area (Å²) in [6.07, 6.45) is 2.45. The van der Waals surface area contributed by atoms with Crippen molar-refractivity contribution in [2.24, 2.45) is 5.92 Å². The van der Waals surface area contributed by atoms with Crippen LogP contribution in [0.25, 0.3) is 0 Å². The summed E-state index contributed by atoms with van der Waals surface area (Å²) in [5.41, 5.74) is 0.979. The lowest BCUT2D eigenvalue weighted by molar-refractivity contribution is -0.136. The van der Waals surface area contributed by atoms with Gasteiger partial charge in [-0.2, -0.15) is 0 Å². The topological polar surface area (TPSA) is 62.3 Å². The minimum atomic E-state index is -0.325. The first kappa shape index (κ1) is 13.5. The molecule has 1 aliphatic heterocycles. The number of hydrogen-bond donors (Lipinski definition) is 1. The number of nitrogens with one attached hydrogen (secondary N) is 1. The van der Waals surface area contributed by atoms with E-state index in [0.717, 1.165) is 23.5 Å². The van der Waals surface area contributed by atoms with Crippen LogP contribution in [-0.2, 0) is 9.59 Å². The molecule has 1 aromatic heterocycles. The molecular formula is C14H19N3O2S. The van der Waals surface area contributed by atoms with Crippen molar-refractivity contribution in [1.82, 2.24) is 15.2 Å². The number of nitrogens with zero attached hydrogens (tertiary/aromatic N) is 2. The molecule has 2 heterocycles. The van der Waals surface area contributed by atoms with E-state index in [-0.39, 0.29) is 23.9 Å². The Balaban J connectivity index is 1.83. The quantitative estimate of drug-likeness (QED) is 0.921. The maximum atomic E-state index is 12.7. The second-order valence-electron chi connectivity index (χ2n) is 5.67. The summed E-state index contributed by atoms with van der Waals surface area (Å²) in [6, 6.07) is -0.386. The Morgan fingerprint density at radius 2 is 2.20 bits per heavy atom. The third kappa shape index (κ3) is 2.57. The molecule has 20 heavy (non-hydrogen) atoms. The molecule has 1 aliphatic carbocycles. The van der Waals surface area contributed by atoms with Crippen LogP contribution in [0.5, 0.6) is 0 Å². The number of aryl methyl sites for hydroxylation is 1. The second kappa shape index (κ2) is 5.16. The molecular weight excluding hydrogens is 274 g/mol. The van der Waals surface area contributed by atoms with Gasteiger partial charge in [-0.1, -0.05) is 0 Å². The molecule has 0 spiro atoms. The summed E-state index contributed by atoms with van der Waals surface area (Å²) in [7, 11) is 0. The SMILES string of the molecule is Cc1csc(C(C)N2CCC(=O)NC(C3CC3)C2=O)n1. The third-order valence-corrected chi connectivity index (χ3v) is 5.13. The van der Waals surface area contributed by atoms with Crippen molar-refractivity contribution in [3.8, 4) is 0 Å². The van der Waals surface area contributed by atoms with Crippen molar-refractivity contribution in [3.05, 3.63) is 16.1 Å². The lowest BCUT2D eigenvalue weighted by Gasteiger charge is -2.28. The number of aromatic nitrogens is 1. The van der Waals surface area contributed by atoms with Crippen LogP contribution < -0.4 is 5.32 Å². The maximum absolute atomic E-state index is 12.7. The van der Waals surface area contributed by atoms with Gasteiger partial charge in [0.15, 0.2) is 0 Å². The molecule has 1 saturated carbocycles. The van der Waals surface area contributed by atoms with E-state index in [9.17, 15) is 9.59 Å². The van der Waals surface area contributed by atoms with E-state index in [2.05, 4.69) is 10.3 Å². The summed E-state index contributed by atoms with van der Waals surface area (Å²) in [5.74, 6) is 0.372. The van der Waals surface area contributed by atoms with Crippen molar-refractivity contribution in [2.45, 2.75) is 45.2 Å². The van der Waals surface area contributed by atoms with Gasteiger partial charge in [-0.3, -0.25) is 9.59 Å². The molecule has 2 atom stereocenters. The van der Waals surface area contributed by atoms with Gasteiger partial charge in [0, 0.05) is 24.0 Å². The Hall–Kier alpha value is -1.43. The Morgan fingerprint density at radius 1 is 1.45 bits per heavy atom. The van der Waals surface area contributed by atoms with Crippen LogP contribution in [0.2, 0.25) is 0 Å². The molecule has 108 valence electrons. The predicted molar refractivity (Wildman–Crippen MR) is 76.3 cm³/mol. The number of amides is 2. The largest absolute Gasteiger partial charge is 0.344 e. The molecule has 0 bridgehead atoms. The molecule has 2 amide bonds. The molecule has 5 nitrogen and oxygen atoms in total. The summed E-state index contributed by atoms with van der Waals surface area (Å²) in [6.45, 7) is 4.43. The fourth-order valence-corrected chi connectivity index (χ4v) is 3.51.